The van der Waals surface area contributed by atoms with Gasteiger partial charge in [-0.15, -0.1) is 0 Å². The lowest BCUT2D eigenvalue weighted by Gasteiger charge is -2.28. The van der Waals surface area contributed by atoms with E-state index in [2.05, 4.69) is 15.3 Å². The van der Waals surface area contributed by atoms with Crippen molar-refractivity contribution in [2.75, 3.05) is 43.6 Å². The summed E-state index contributed by atoms with van der Waals surface area (Å²) < 4.78 is 12.4. The topological polar surface area (TPSA) is 68.6 Å². The van der Waals surface area contributed by atoms with Gasteiger partial charge in [-0.1, -0.05) is 18.2 Å². The Labute approximate surface area is 163 Å². The number of para-hydroxylation sites is 1. The number of anilines is 2. The van der Waals surface area contributed by atoms with Crippen LogP contribution >= 0.6 is 0 Å². The van der Waals surface area contributed by atoms with Gasteiger partial charge in [-0.05, 0) is 36.4 Å². The molecule has 1 amide bonds. The third-order valence-corrected chi connectivity index (χ3v) is 4.64. The molecule has 2 aromatic carbocycles. The number of carbonyl (C=O) groups is 1. The number of methoxy groups -OCH3 is 1. The smallest absolute Gasteiger partial charge is 0.280 e. The van der Waals surface area contributed by atoms with Crippen LogP contribution in [0.25, 0.3) is 5.69 Å². The van der Waals surface area contributed by atoms with Crippen LogP contribution in [0.3, 0.4) is 0 Å². The predicted octanol–water partition coefficient (Wildman–Crippen LogP) is 2.97. The van der Waals surface area contributed by atoms with Crippen molar-refractivity contribution in [3.63, 3.8) is 0 Å². The third-order valence-electron chi connectivity index (χ3n) is 4.64. The van der Waals surface area contributed by atoms with Crippen molar-refractivity contribution in [2.45, 2.75) is 0 Å². The Hall–Kier alpha value is -3.32. The van der Waals surface area contributed by atoms with Gasteiger partial charge in [0.1, 0.15) is 0 Å². The van der Waals surface area contributed by atoms with Gasteiger partial charge < -0.3 is 19.7 Å². The van der Waals surface area contributed by atoms with Crippen molar-refractivity contribution in [1.29, 1.82) is 0 Å². The van der Waals surface area contributed by atoms with Crippen LogP contribution in [0.4, 0.5) is 11.4 Å². The van der Waals surface area contributed by atoms with Crippen molar-refractivity contribution in [1.82, 2.24) is 9.78 Å². The van der Waals surface area contributed by atoms with Crippen molar-refractivity contribution in [3.05, 3.63) is 66.5 Å². The maximum absolute atomic E-state index is 12.7. The van der Waals surface area contributed by atoms with E-state index in [0.29, 0.717) is 11.4 Å². The monoisotopic (exact) mass is 378 g/mol. The third kappa shape index (κ3) is 3.84. The van der Waals surface area contributed by atoms with E-state index in [4.69, 9.17) is 9.47 Å². The van der Waals surface area contributed by atoms with Gasteiger partial charge in [0.15, 0.2) is 11.4 Å². The van der Waals surface area contributed by atoms with Gasteiger partial charge in [0, 0.05) is 24.5 Å². The molecule has 7 nitrogen and oxygen atoms in total. The molecule has 1 fully saturated rings. The summed E-state index contributed by atoms with van der Waals surface area (Å²) in [7, 11) is 1.53. The summed E-state index contributed by atoms with van der Waals surface area (Å²) in [6, 6.07) is 17.4. The van der Waals surface area contributed by atoms with Crippen LogP contribution in [0.5, 0.6) is 5.75 Å². The van der Waals surface area contributed by atoms with Gasteiger partial charge in [0.25, 0.3) is 5.91 Å². The molecular formula is C21H22N4O3. The Morgan fingerprint density at radius 3 is 2.43 bits per heavy atom. The summed E-state index contributed by atoms with van der Waals surface area (Å²) in [5.74, 6) is 0.108. The fourth-order valence-corrected chi connectivity index (χ4v) is 3.15. The quantitative estimate of drug-likeness (QED) is 0.739. The molecule has 0 bridgehead atoms. The molecule has 1 saturated heterocycles. The van der Waals surface area contributed by atoms with Crippen LogP contribution < -0.4 is 15.0 Å². The van der Waals surface area contributed by atoms with Gasteiger partial charge in [-0.2, -0.15) is 5.10 Å². The molecule has 2 heterocycles. The van der Waals surface area contributed by atoms with E-state index in [1.807, 2.05) is 54.6 Å². The molecule has 3 aromatic rings. The maximum Gasteiger partial charge on any atom is 0.280 e. The fourth-order valence-electron chi connectivity index (χ4n) is 3.15. The first-order chi connectivity index (χ1) is 13.7. The Morgan fingerprint density at radius 1 is 1.04 bits per heavy atom. The number of amides is 1. The highest BCUT2D eigenvalue weighted by Crippen LogP contribution is 2.23. The zero-order chi connectivity index (χ0) is 19.3. The molecule has 0 atom stereocenters. The van der Waals surface area contributed by atoms with Crippen LogP contribution in [-0.4, -0.2) is 49.1 Å². The first kappa shape index (κ1) is 18.1. The zero-order valence-corrected chi connectivity index (χ0v) is 15.7. The summed E-state index contributed by atoms with van der Waals surface area (Å²) >= 11 is 0. The molecule has 4 rings (SSSR count). The lowest BCUT2D eigenvalue weighted by Crippen LogP contribution is -2.36. The minimum atomic E-state index is -0.314. The Morgan fingerprint density at radius 2 is 1.75 bits per heavy atom. The van der Waals surface area contributed by atoms with E-state index in [1.165, 1.54) is 7.11 Å². The van der Waals surface area contributed by atoms with Crippen LogP contribution in [-0.2, 0) is 4.74 Å². The van der Waals surface area contributed by atoms with E-state index in [0.717, 1.165) is 37.7 Å². The summed E-state index contributed by atoms with van der Waals surface area (Å²) in [4.78, 5) is 15.0. The molecule has 1 N–H and O–H groups in total. The summed E-state index contributed by atoms with van der Waals surface area (Å²) in [5.41, 5.74) is 2.92. The number of nitrogens with zero attached hydrogens (tertiary/aromatic N) is 3. The molecular weight excluding hydrogens is 356 g/mol. The Kier molecular flexibility index (Phi) is 5.25. The predicted molar refractivity (Wildman–Crippen MR) is 108 cm³/mol. The van der Waals surface area contributed by atoms with E-state index < -0.39 is 0 Å². The number of carbonyl (C=O) groups excluding carboxylic acids is 1. The van der Waals surface area contributed by atoms with Crippen molar-refractivity contribution in [2.24, 2.45) is 0 Å². The van der Waals surface area contributed by atoms with Crippen molar-refractivity contribution < 1.29 is 14.3 Å². The molecule has 144 valence electrons. The first-order valence-corrected chi connectivity index (χ1v) is 9.18. The number of aromatic nitrogens is 2. The molecule has 1 aromatic heterocycles. The average Bonchev–Trinajstić information content (AvgIpc) is 3.20. The molecule has 1 aliphatic rings. The number of ether oxygens (including phenoxy) is 2. The SMILES string of the molecule is COc1cn(-c2ccccc2)nc1C(=O)Nc1ccc(N2CCOCC2)cc1. The van der Waals surface area contributed by atoms with Gasteiger partial charge in [-0.3, -0.25) is 4.79 Å². The summed E-state index contributed by atoms with van der Waals surface area (Å²) in [5, 5.41) is 7.29. The number of hydrogen-bond acceptors (Lipinski definition) is 5. The van der Waals surface area contributed by atoms with Crippen LogP contribution in [0.15, 0.2) is 60.8 Å². The number of morpholine rings is 1. The number of hydrogen-bond donors (Lipinski definition) is 1. The maximum atomic E-state index is 12.7. The molecule has 7 heteroatoms. The van der Waals surface area contributed by atoms with Crippen molar-refractivity contribution >= 4 is 17.3 Å². The molecule has 1 aliphatic heterocycles. The van der Waals surface area contributed by atoms with Crippen molar-refractivity contribution in [3.8, 4) is 11.4 Å². The summed E-state index contributed by atoms with van der Waals surface area (Å²) in [6.45, 7) is 3.23. The Bertz CT molecular complexity index is 932. The number of benzene rings is 2. The number of nitrogens with one attached hydrogen (secondary N) is 1. The molecule has 0 saturated carbocycles. The highest BCUT2D eigenvalue weighted by atomic mass is 16.5. The summed E-state index contributed by atoms with van der Waals surface area (Å²) in [6.07, 6.45) is 1.70. The van der Waals surface area contributed by atoms with Gasteiger partial charge in [0.05, 0.1) is 32.2 Å². The fraction of sp³-hybridized carbons (Fsp3) is 0.238. The molecule has 28 heavy (non-hydrogen) atoms. The second-order valence-electron chi connectivity index (χ2n) is 6.43. The van der Waals surface area contributed by atoms with Crippen LogP contribution in [0, 0.1) is 0 Å². The van der Waals surface area contributed by atoms with E-state index in [1.54, 1.807) is 10.9 Å². The highest BCUT2D eigenvalue weighted by molar-refractivity contribution is 6.04. The normalized spacial score (nSPS) is 14.0. The molecule has 0 spiro atoms. The largest absolute Gasteiger partial charge is 0.493 e. The Balaban J connectivity index is 1.49. The van der Waals surface area contributed by atoms with Gasteiger partial charge in [0.2, 0.25) is 0 Å². The standard InChI is InChI=1S/C21H22N4O3/c1-27-19-15-25(18-5-3-2-4-6-18)23-20(19)21(26)22-16-7-9-17(10-8-16)24-11-13-28-14-12-24/h2-10,15H,11-14H2,1H3,(H,22,26). The highest BCUT2D eigenvalue weighted by Gasteiger charge is 2.19. The lowest BCUT2D eigenvalue weighted by molar-refractivity contribution is 0.101. The molecule has 0 aliphatic carbocycles. The number of rotatable bonds is 5. The van der Waals surface area contributed by atoms with E-state index in [-0.39, 0.29) is 11.6 Å². The zero-order valence-electron chi connectivity index (χ0n) is 15.7. The average molecular weight is 378 g/mol. The van der Waals surface area contributed by atoms with E-state index in [9.17, 15) is 4.79 Å². The second-order valence-corrected chi connectivity index (χ2v) is 6.43. The molecule has 0 unspecified atom stereocenters. The van der Waals surface area contributed by atoms with Gasteiger partial charge >= 0.3 is 0 Å². The van der Waals surface area contributed by atoms with E-state index >= 15 is 0 Å². The molecule has 0 radical (unpaired) electrons. The van der Waals surface area contributed by atoms with Crippen LogP contribution in [0.2, 0.25) is 0 Å². The van der Waals surface area contributed by atoms with Gasteiger partial charge in [-0.25, -0.2) is 4.68 Å². The first-order valence-electron chi connectivity index (χ1n) is 9.18. The lowest BCUT2D eigenvalue weighted by atomic mass is 10.2. The van der Waals surface area contributed by atoms with Crippen LogP contribution in [0.1, 0.15) is 10.5 Å². The second kappa shape index (κ2) is 8.14. The minimum Gasteiger partial charge on any atom is -0.493 e. The minimum absolute atomic E-state index is 0.239.